The van der Waals surface area contributed by atoms with Gasteiger partial charge in [0, 0.05) is 0 Å². The van der Waals surface area contributed by atoms with Crippen molar-refractivity contribution >= 4 is 53.9 Å². The van der Waals surface area contributed by atoms with Gasteiger partial charge in [-0.15, -0.1) is 0 Å². The van der Waals surface area contributed by atoms with Gasteiger partial charge in [-0.2, -0.15) is 0 Å². The third kappa shape index (κ3) is 8.74. The molecule has 0 spiro atoms. The largest absolute Gasteiger partial charge is 0.0622 e. The summed E-state index contributed by atoms with van der Waals surface area (Å²) in [6.07, 6.45) is 0. The molecule has 0 heteroatoms. The number of hydrogen-bond donors (Lipinski definition) is 0. The molecule has 0 aliphatic rings. The second-order valence-electron chi connectivity index (χ2n) is 13.7. The molecule has 11 rings (SSSR count). The summed E-state index contributed by atoms with van der Waals surface area (Å²) in [4.78, 5) is 0. The fourth-order valence-corrected chi connectivity index (χ4v) is 7.09. The molecule has 0 saturated carbocycles. The van der Waals surface area contributed by atoms with E-state index in [9.17, 15) is 0 Å². The molecule has 0 atom stereocenters. The minimum atomic E-state index is 1.26. The smallest absolute Gasteiger partial charge is 0.0105 e. The Balaban J connectivity index is 0.000000107. The molecule has 0 N–H and O–H groups in total. The van der Waals surface area contributed by atoms with Gasteiger partial charge in [0.05, 0.1) is 0 Å². The molecule has 0 unspecified atom stereocenters. The fraction of sp³-hybridized carbons (Fsp3) is 0. The normalized spacial score (nSPS) is 10.5. The first-order chi connectivity index (χ1) is 27.8. The molecule has 0 amide bonds. The second-order valence-corrected chi connectivity index (χ2v) is 13.7. The van der Waals surface area contributed by atoms with E-state index in [1.54, 1.807) is 0 Å². The van der Waals surface area contributed by atoms with Crippen molar-refractivity contribution in [3.05, 3.63) is 255 Å². The average molecular weight is 715 g/mol. The highest BCUT2D eigenvalue weighted by atomic mass is 14.0. The molecule has 0 saturated heterocycles. The molecule has 0 radical (unpaired) electrons. The van der Waals surface area contributed by atoms with Gasteiger partial charge < -0.3 is 0 Å². The lowest BCUT2D eigenvalue weighted by Gasteiger charge is -2.04. The Morgan fingerprint density at radius 3 is 0.696 bits per heavy atom. The lowest BCUT2D eigenvalue weighted by Crippen LogP contribution is -1.79. The predicted molar refractivity (Wildman–Crippen MR) is 244 cm³/mol. The molecule has 11 aromatic carbocycles. The Labute approximate surface area is 329 Å². The van der Waals surface area contributed by atoms with E-state index in [0.717, 1.165) is 0 Å². The summed E-state index contributed by atoms with van der Waals surface area (Å²) in [6, 6.07) is 89.1. The van der Waals surface area contributed by atoms with Crippen molar-refractivity contribution in [2.45, 2.75) is 0 Å². The van der Waals surface area contributed by atoms with Crippen LogP contribution in [0.3, 0.4) is 0 Å². The van der Waals surface area contributed by atoms with Gasteiger partial charge in [-0.25, -0.2) is 0 Å². The molecule has 0 fully saturated rings. The number of rotatable bonds is 2. The lowest BCUT2D eigenvalue weighted by molar-refractivity contribution is 1.59. The number of hydrogen-bond acceptors (Lipinski definition) is 0. The highest BCUT2D eigenvalue weighted by molar-refractivity contribution is 6.07. The van der Waals surface area contributed by atoms with Crippen molar-refractivity contribution in [1.82, 2.24) is 0 Å². The van der Waals surface area contributed by atoms with Crippen LogP contribution in [0.15, 0.2) is 255 Å². The maximum absolute atomic E-state index is 2.24. The lowest BCUT2D eigenvalue weighted by atomic mass is 10.0. The zero-order valence-corrected chi connectivity index (χ0v) is 31.2. The molecule has 56 heavy (non-hydrogen) atoms. The van der Waals surface area contributed by atoms with E-state index >= 15 is 0 Å². The second kappa shape index (κ2) is 17.7. The van der Waals surface area contributed by atoms with Crippen LogP contribution in [0, 0.1) is 0 Å². The highest BCUT2D eigenvalue weighted by Crippen LogP contribution is 2.26. The van der Waals surface area contributed by atoms with Gasteiger partial charge in [0.1, 0.15) is 0 Å². The van der Waals surface area contributed by atoms with Crippen LogP contribution < -0.4 is 0 Å². The van der Waals surface area contributed by atoms with Gasteiger partial charge in [-0.1, -0.05) is 243 Å². The van der Waals surface area contributed by atoms with E-state index in [1.165, 1.54) is 76.1 Å². The molecule has 0 aromatic heterocycles. The summed E-state index contributed by atoms with van der Waals surface area (Å²) in [5.74, 6) is 0. The SMILES string of the molecule is c1ccc(-c2ccc(-c3ccccc3)cc2)cc1.c1ccc2c(c1)ccc1ccccc12.c1ccc2cc3ccccc3cc2c1.c1ccc2ccccc2c1. The number of fused-ring (bicyclic) bond motifs is 6. The van der Waals surface area contributed by atoms with Gasteiger partial charge in [-0.3, -0.25) is 0 Å². The van der Waals surface area contributed by atoms with E-state index < -0.39 is 0 Å². The minimum Gasteiger partial charge on any atom is -0.0622 e. The molecular formula is C56H42. The topological polar surface area (TPSA) is 0 Å². The van der Waals surface area contributed by atoms with E-state index in [4.69, 9.17) is 0 Å². The van der Waals surface area contributed by atoms with Crippen molar-refractivity contribution in [2.75, 3.05) is 0 Å². The van der Waals surface area contributed by atoms with E-state index in [0.29, 0.717) is 0 Å². The van der Waals surface area contributed by atoms with Gasteiger partial charge in [-0.05, 0) is 88.2 Å². The quantitative estimate of drug-likeness (QED) is 0.124. The Hall–Kier alpha value is -7.28. The summed E-state index contributed by atoms with van der Waals surface area (Å²) < 4.78 is 0. The Morgan fingerprint density at radius 2 is 0.375 bits per heavy atom. The average Bonchev–Trinajstić information content (AvgIpc) is 3.29. The Bertz CT molecular complexity index is 2640. The first kappa shape index (κ1) is 35.7. The van der Waals surface area contributed by atoms with Crippen LogP contribution in [0.2, 0.25) is 0 Å². The molecular weight excluding hydrogens is 673 g/mol. The first-order valence-electron chi connectivity index (χ1n) is 19.2. The van der Waals surface area contributed by atoms with Gasteiger partial charge in [0.15, 0.2) is 0 Å². The van der Waals surface area contributed by atoms with Crippen molar-refractivity contribution in [2.24, 2.45) is 0 Å². The van der Waals surface area contributed by atoms with Crippen LogP contribution in [0.25, 0.3) is 76.1 Å². The van der Waals surface area contributed by atoms with E-state index in [2.05, 4.69) is 243 Å². The van der Waals surface area contributed by atoms with Crippen LogP contribution >= 0.6 is 0 Å². The first-order valence-corrected chi connectivity index (χ1v) is 19.2. The molecule has 0 heterocycles. The maximum atomic E-state index is 2.24. The van der Waals surface area contributed by atoms with Crippen molar-refractivity contribution in [3.63, 3.8) is 0 Å². The molecule has 0 aliphatic carbocycles. The standard InChI is InChI=1S/C18H14.2C14H10.C10H8/c1-3-7-15(8-4-1)17-11-13-18(14-12-17)16-9-5-2-6-10-16;1-3-7-13-11(5-1)9-10-12-6-2-4-8-14(12)13;1-2-6-12-10-14-8-4-3-7-13(14)9-11(12)5-1;1-2-6-10-8-4-3-7-9(10)5-1/h1-14H;2*1-10H;1-8H. The maximum Gasteiger partial charge on any atom is -0.0105 e. The molecule has 0 nitrogen and oxygen atoms in total. The monoisotopic (exact) mass is 714 g/mol. The molecule has 0 aliphatic heterocycles. The summed E-state index contributed by atoms with van der Waals surface area (Å²) in [5, 5.41) is 13.2. The van der Waals surface area contributed by atoms with E-state index in [1.807, 2.05) is 12.1 Å². The Morgan fingerprint density at radius 1 is 0.143 bits per heavy atom. The van der Waals surface area contributed by atoms with Crippen LogP contribution in [0.4, 0.5) is 0 Å². The zero-order chi connectivity index (χ0) is 37.8. The van der Waals surface area contributed by atoms with E-state index in [-0.39, 0.29) is 0 Å². The van der Waals surface area contributed by atoms with Crippen molar-refractivity contribution in [1.29, 1.82) is 0 Å². The summed E-state index contributed by atoms with van der Waals surface area (Å²) in [6.45, 7) is 0. The summed E-state index contributed by atoms with van der Waals surface area (Å²) >= 11 is 0. The third-order valence-corrected chi connectivity index (χ3v) is 10.0. The zero-order valence-electron chi connectivity index (χ0n) is 31.2. The van der Waals surface area contributed by atoms with Crippen LogP contribution in [0.5, 0.6) is 0 Å². The minimum absolute atomic E-state index is 1.26. The van der Waals surface area contributed by atoms with Crippen molar-refractivity contribution < 1.29 is 0 Å². The van der Waals surface area contributed by atoms with Crippen LogP contribution in [-0.2, 0) is 0 Å². The summed E-state index contributed by atoms with van der Waals surface area (Å²) in [5.41, 5.74) is 5.04. The third-order valence-electron chi connectivity index (χ3n) is 10.0. The van der Waals surface area contributed by atoms with Crippen LogP contribution in [-0.4, -0.2) is 0 Å². The number of benzene rings is 11. The van der Waals surface area contributed by atoms with Gasteiger partial charge in [0.2, 0.25) is 0 Å². The van der Waals surface area contributed by atoms with Crippen LogP contribution in [0.1, 0.15) is 0 Å². The molecule has 11 aromatic rings. The predicted octanol–water partition coefficient (Wildman–Crippen LogP) is 15.8. The highest BCUT2D eigenvalue weighted by Gasteiger charge is 2.00. The fourth-order valence-electron chi connectivity index (χ4n) is 7.09. The molecule has 0 bridgehead atoms. The molecule has 266 valence electrons. The van der Waals surface area contributed by atoms with Gasteiger partial charge in [0.25, 0.3) is 0 Å². The summed E-state index contributed by atoms with van der Waals surface area (Å²) in [7, 11) is 0. The van der Waals surface area contributed by atoms with Crippen molar-refractivity contribution in [3.8, 4) is 22.3 Å². The van der Waals surface area contributed by atoms with Gasteiger partial charge >= 0.3 is 0 Å². The Kier molecular flexibility index (Phi) is 11.3.